The number of piperidine rings is 1. The number of fused-ring (bicyclic) bond motifs is 1. The molecule has 3 atom stereocenters. The summed E-state index contributed by atoms with van der Waals surface area (Å²) in [5.41, 5.74) is 5.78. The molecule has 4 heterocycles. The van der Waals surface area contributed by atoms with Crippen LogP contribution in [0.1, 0.15) is 92.7 Å². The Hall–Kier alpha value is -5.75. The summed E-state index contributed by atoms with van der Waals surface area (Å²) in [4.78, 5) is 67.1. The van der Waals surface area contributed by atoms with Crippen molar-refractivity contribution in [3.05, 3.63) is 54.1 Å². The molecule has 1 saturated heterocycles. The van der Waals surface area contributed by atoms with Crippen molar-refractivity contribution in [2.45, 2.75) is 101 Å². The molecule has 1 aliphatic carbocycles. The van der Waals surface area contributed by atoms with Crippen molar-refractivity contribution >= 4 is 54.0 Å². The molecule has 63 heavy (non-hydrogen) atoms. The van der Waals surface area contributed by atoms with E-state index < -0.39 is 24.2 Å². The third-order valence-electron chi connectivity index (χ3n) is 11.1. The highest BCUT2D eigenvalue weighted by Gasteiger charge is 2.39. The lowest BCUT2D eigenvalue weighted by atomic mass is 10.0. The molecule has 1 aliphatic heterocycles. The van der Waals surface area contributed by atoms with Crippen molar-refractivity contribution in [2.24, 2.45) is 0 Å². The first-order chi connectivity index (χ1) is 30.6. The van der Waals surface area contributed by atoms with Crippen molar-refractivity contribution in [1.82, 2.24) is 45.2 Å². The molecule has 18 heteroatoms. The van der Waals surface area contributed by atoms with Crippen LogP contribution in [0.5, 0.6) is 0 Å². The van der Waals surface area contributed by atoms with Crippen LogP contribution in [0.25, 0.3) is 16.9 Å². The number of alkyl halides is 1. The first-order valence-electron chi connectivity index (χ1n) is 22.0. The van der Waals surface area contributed by atoms with Crippen LogP contribution in [0.3, 0.4) is 0 Å². The number of anilines is 3. The fourth-order valence-corrected chi connectivity index (χ4v) is 7.58. The molecule has 0 spiro atoms. The lowest BCUT2D eigenvalue weighted by Crippen LogP contribution is -2.36. The van der Waals surface area contributed by atoms with Crippen LogP contribution in [-0.2, 0) is 25.6 Å². The summed E-state index contributed by atoms with van der Waals surface area (Å²) in [5.74, 6) is -0.401. The third-order valence-corrected chi connectivity index (χ3v) is 11.1. The van der Waals surface area contributed by atoms with Crippen LogP contribution in [0.4, 0.5) is 21.5 Å². The van der Waals surface area contributed by atoms with Gasteiger partial charge in [-0.1, -0.05) is 37.8 Å². The highest BCUT2D eigenvalue weighted by Crippen LogP contribution is 2.34. The molecule has 6 rings (SSSR count). The summed E-state index contributed by atoms with van der Waals surface area (Å²) in [6.07, 6.45) is 18.1. The van der Waals surface area contributed by atoms with E-state index in [1.807, 2.05) is 69.2 Å². The molecule has 3 amide bonds. The number of nitrogens with one attached hydrogen (secondary N) is 4. The van der Waals surface area contributed by atoms with Crippen molar-refractivity contribution in [1.29, 1.82) is 0 Å². The van der Waals surface area contributed by atoms with Crippen LogP contribution < -0.4 is 31.1 Å². The number of nitrogens with zero attached hydrogens (tertiary/aromatic N) is 8. The second-order valence-corrected chi connectivity index (χ2v) is 16.1. The topological polar surface area (TPSA) is 191 Å². The zero-order valence-corrected chi connectivity index (χ0v) is 37.8. The average molecular weight is 875 g/mol. The van der Waals surface area contributed by atoms with E-state index in [4.69, 9.17) is 0 Å². The number of hydrogen-bond donors (Lipinski definition) is 4. The fraction of sp³-hybridized carbons (Fsp3) is 0.556. The summed E-state index contributed by atoms with van der Waals surface area (Å²) < 4.78 is 16.6. The van der Waals surface area contributed by atoms with Gasteiger partial charge in [-0.25, -0.2) is 13.9 Å². The molecule has 3 aromatic heterocycles. The number of hydrogen-bond acceptors (Lipinski definition) is 12. The van der Waals surface area contributed by atoms with E-state index in [9.17, 15) is 28.4 Å². The average Bonchev–Trinajstić information content (AvgIpc) is 3.61. The van der Waals surface area contributed by atoms with Gasteiger partial charge in [-0.15, -0.1) is 0 Å². The fourth-order valence-electron chi connectivity index (χ4n) is 7.58. The smallest absolute Gasteiger partial charge is 0.271 e. The molecular formula is C45H67FN12O5. The SMILES string of the molecule is CNC.CNCCCCCCCCc1cccc(N(C=O)C(C=O)CCC=O)c1N(C)C.CNc1cc(-c2cnn(C3CCN(C=O)CC3)c2)nn2c(C(=O)N[C@@H]3C[C@@H]3F)cnc12. The zero-order valence-electron chi connectivity index (χ0n) is 37.8. The first kappa shape index (κ1) is 49.9. The maximum absolute atomic E-state index is 13.2. The monoisotopic (exact) mass is 875 g/mol. The van der Waals surface area contributed by atoms with E-state index in [1.54, 1.807) is 18.1 Å². The lowest BCUT2D eigenvalue weighted by molar-refractivity contribution is -0.119. The Morgan fingerprint density at radius 3 is 2.29 bits per heavy atom. The molecule has 344 valence electrons. The molecule has 1 aromatic carbocycles. The standard InChI is InChI=1S/C23H37N3O3.C20H23FN8O2.C2H7N/c1-24-16-9-7-5-4-6-8-12-20-13-10-15-22(23(20)25(2)3)26(19-29)21(18-28)14-11-17-27;1-22-17-7-15(12-8-24-28(10-12)13-2-4-27(11-30)5-3-13)26-29-18(9-23-19(17)29)20(31)25-16-6-14(16)21;1-3-2/h10,13,15,17-19,21,24H,4-9,11-12,14,16H2,1-3H3;7-11,13-14,16,22H,2-6H2,1H3,(H,25,31);3H,1-2H3/t;14-,16+;/m.0./s1. The lowest BCUT2D eigenvalue weighted by Gasteiger charge is -2.30. The number of para-hydroxylation sites is 1. The largest absolute Gasteiger partial charge is 0.385 e. The molecule has 2 aliphatic rings. The predicted octanol–water partition coefficient (Wildman–Crippen LogP) is 4.47. The highest BCUT2D eigenvalue weighted by atomic mass is 19.1. The number of amides is 3. The van der Waals surface area contributed by atoms with Gasteiger partial charge in [0.25, 0.3) is 5.91 Å². The van der Waals surface area contributed by atoms with Gasteiger partial charge < -0.3 is 45.6 Å². The summed E-state index contributed by atoms with van der Waals surface area (Å²) >= 11 is 0. The Balaban J connectivity index is 0.000000261. The van der Waals surface area contributed by atoms with Gasteiger partial charge in [0.05, 0.1) is 53.3 Å². The van der Waals surface area contributed by atoms with E-state index in [0.29, 0.717) is 49.4 Å². The summed E-state index contributed by atoms with van der Waals surface area (Å²) in [5, 5.41) is 20.8. The number of aldehydes is 2. The van der Waals surface area contributed by atoms with Crippen LogP contribution in [0, 0.1) is 0 Å². The summed E-state index contributed by atoms with van der Waals surface area (Å²) in [7, 11) is 11.4. The van der Waals surface area contributed by atoms with E-state index in [0.717, 1.165) is 68.1 Å². The van der Waals surface area contributed by atoms with Gasteiger partial charge in [-0.05, 0) is 83.9 Å². The first-order valence-corrected chi connectivity index (χ1v) is 22.0. The zero-order chi connectivity index (χ0) is 45.7. The van der Waals surface area contributed by atoms with E-state index in [2.05, 4.69) is 42.5 Å². The number of aromatic nitrogens is 5. The minimum absolute atomic E-state index is 0.222. The third kappa shape index (κ3) is 14.1. The second kappa shape index (κ2) is 26.0. The van der Waals surface area contributed by atoms with Gasteiger partial charge in [-0.3, -0.25) is 19.1 Å². The van der Waals surface area contributed by atoms with Gasteiger partial charge in [0.1, 0.15) is 18.7 Å². The van der Waals surface area contributed by atoms with Crippen LogP contribution >= 0.6 is 0 Å². The Morgan fingerprint density at radius 1 is 0.984 bits per heavy atom. The second-order valence-electron chi connectivity index (χ2n) is 16.1. The minimum Gasteiger partial charge on any atom is -0.385 e. The number of carbonyl (C=O) groups is 5. The van der Waals surface area contributed by atoms with Crippen molar-refractivity contribution in [2.75, 3.05) is 77.0 Å². The minimum atomic E-state index is -0.983. The Labute approximate surface area is 370 Å². The quantitative estimate of drug-likeness (QED) is 0.0606. The van der Waals surface area contributed by atoms with Gasteiger partial charge in [0.2, 0.25) is 12.8 Å². The number of likely N-dealkylation sites (tertiary alicyclic amines) is 1. The molecule has 4 aromatic rings. The molecule has 0 bridgehead atoms. The molecular weight excluding hydrogens is 808 g/mol. The van der Waals surface area contributed by atoms with Crippen molar-refractivity contribution < 1.29 is 28.4 Å². The number of unbranched alkanes of at least 4 members (excludes halogenated alkanes) is 5. The van der Waals surface area contributed by atoms with Crippen LogP contribution in [0.2, 0.25) is 0 Å². The van der Waals surface area contributed by atoms with Crippen LogP contribution in [-0.4, -0.2) is 141 Å². The van der Waals surface area contributed by atoms with Gasteiger partial charge in [0.15, 0.2) is 11.3 Å². The summed E-state index contributed by atoms with van der Waals surface area (Å²) in [6.45, 7) is 2.51. The maximum atomic E-state index is 13.2. The molecule has 1 saturated carbocycles. The Morgan fingerprint density at radius 2 is 1.68 bits per heavy atom. The van der Waals surface area contributed by atoms with Gasteiger partial charge >= 0.3 is 0 Å². The molecule has 2 fully saturated rings. The van der Waals surface area contributed by atoms with E-state index in [1.165, 1.54) is 53.3 Å². The van der Waals surface area contributed by atoms with Gasteiger partial charge in [0, 0.05) is 58.8 Å². The predicted molar refractivity (Wildman–Crippen MR) is 245 cm³/mol. The maximum Gasteiger partial charge on any atom is 0.271 e. The van der Waals surface area contributed by atoms with E-state index >= 15 is 0 Å². The normalized spacial score (nSPS) is 16.1. The Bertz CT molecular complexity index is 2050. The number of imidazole rings is 1. The van der Waals surface area contributed by atoms with Crippen molar-refractivity contribution in [3.63, 3.8) is 0 Å². The number of carbonyl (C=O) groups excluding carboxylic acids is 5. The number of rotatable bonds is 23. The number of aryl methyl sites for hydroxylation is 1. The number of halogens is 1. The molecule has 17 nitrogen and oxygen atoms in total. The Kier molecular flexibility index (Phi) is 20.6. The molecule has 0 radical (unpaired) electrons. The summed E-state index contributed by atoms with van der Waals surface area (Å²) in [6, 6.07) is 6.91. The molecule has 4 N–H and O–H groups in total. The van der Waals surface area contributed by atoms with E-state index in [-0.39, 0.29) is 18.2 Å². The van der Waals surface area contributed by atoms with Gasteiger partial charge in [-0.2, -0.15) is 10.2 Å². The number of benzene rings is 1. The van der Waals surface area contributed by atoms with Crippen molar-refractivity contribution in [3.8, 4) is 11.3 Å². The highest BCUT2D eigenvalue weighted by molar-refractivity contribution is 5.94. The molecule has 1 unspecified atom stereocenters. The van der Waals surface area contributed by atoms with Crippen LogP contribution in [0.15, 0.2) is 42.9 Å².